The Morgan fingerprint density at radius 2 is 1.95 bits per heavy atom. The number of hydrogen-bond donors (Lipinski definition) is 3. The van der Waals surface area contributed by atoms with Crippen molar-refractivity contribution >= 4 is 27.2 Å². The van der Waals surface area contributed by atoms with E-state index in [1.54, 1.807) is 0 Å². The van der Waals surface area contributed by atoms with Gasteiger partial charge >= 0.3 is 5.69 Å². The van der Waals surface area contributed by atoms with E-state index in [-0.39, 0.29) is 18.2 Å². The zero-order chi connectivity index (χ0) is 15.6. The van der Waals surface area contributed by atoms with Crippen LogP contribution in [0.4, 0.5) is 17.3 Å². The highest BCUT2D eigenvalue weighted by Gasteiger charge is 2.31. The Labute approximate surface area is 115 Å². The van der Waals surface area contributed by atoms with Crippen LogP contribution in [-0.2, 0) is 9.84 Å². The van der Waals surface area contributed by atoms with E-state index in [0.29, 0.717) is 0 Å². The fraction of sp³-hybridized carbons (Fsp3) is 0.556. The van der Waals surface area contributed by atoms with Crippen LogP contribution >= 0.6 is 0 Å². The zero-order valence-corrected chi connectivity index (χ0v) is 12.1. The van der Waals surface area contributed by atoms with E-state index in [1.807, 2.05) is 0 Å². The number of nitrogens with one attached hydrogen (secondary N) is 2. The van der Waals surface area contributed by atoms with Crippen LogP contribution in [0, 0.1) is 10.1 Å². The number of sulfone groups is 1. The van der Waals surface area contributed by atoms with Gasteiger partial charge in [0.05, 0.1) is 9.67 Å². The van der Waals surface area contributed by atoms with E-state index in [9.17, 15) is 18.5 Å². The molecule has 1 aromatic heterocycles. The largest absolute Gasteiger partial charge is 0.363 e. The van der Waals surface area contributed by atoms with Gasteiger partial charge < -0.3 is 10.7 Å². The molecule has 0 bridgehead atoms. The Balaban J connectivity index is 3.08. The highest BCUT2D eigenvalue weighted by atomic mass is 32.2. The minimum atomic E-state index is -3.34. The molecule has 0 saturated carbocycles. The minimum Gasteiger partial charge on any atom is -0.363 e. The minimum absolute atomic E-state index is 0.0479. The number of nitro groups is 1. The molecular formula is C9H16N6O4S. The number of hydrazine groups is 1. The summed E-state index contributed by atoms with van der Waals surface area (Å²) in [5.41, 5.74) is 1.65. The molecule has 11 heteroatoms. The summed E-state index contributed by atoms with van der Waals surface area (Å²) in [6.07, 6.45) is 2.17. The van der Waals surface area contributed by atoms with E-state index in [0.717, 1.165) is 12.6 Å². The summed E-state index contributed by atoms with van der Waals surface area (Å²) in [5, 5.41) is 13.6. The van der Waals surface area contributed by atoms with Gasteiger partial charge in [-0.2, -0.15) is 0 Å². The Morgan fingerprint density at radius 3 is 2.40 bits per heavy atom. The molecule has 1 rings (SSSR count). The van der Waals surface area contributed by atoms with Crippen LogP contribution in [0.3, 0.4) is 0 Å². The molecule has 0 aromatic carbocycles. The SMILES string of the molecule is CC(C)(CNc1ncnc(NN)c1[N+](=O)[O-])S(C)(=O)=O. The lowest BCUT2D eigenvalue weighted by Gasteiger charge is -2.22. The van der Waals surface area contributed by atoms with Gasteiger partial charge in [0, 0.05) is 12.8 Å². The molecule has 0 radical (unpaired) electrons. The molecule has 0 aliphatic heterocycles. The highest BCUT2D eigenvalue weighted by Crippen LogP contribution is 2.28. The fourth-order valence-electron chi connectivity index (χ4n) is 1.21. The first kappa shape index (κ1) is 16.0. The first-order chi connectivity index (χ1) is 9.10. The molecule has 0 saturated heterocycles. The Hall–Kier alpha value is -2.01. The second kappa shape index (κ2) is 5.54. The zero-order valence-electron chi connectivity index (χ0n) is 11.2. The molecule has 0 aliphatic carbocycles. The molecule has 1 heterocycles. The predicted molar refractivity (Wildman–Crippen MR) is 73.9 cm³/mol. The maximum absolute atomic E-state index is 11.6. The lowest BCUT2D eigenvalue weighted by molar-refractivity contribution is -0.383. The maximum Gasteiger partial charge on any atom is 0.354 e. The van der Waals surface area contributed by atoms with E-state index in [1.165, 1.54) is 13.8 Å². The fourth-order valence-corrected chi connectivity index (χ4v) is 1.55. The van der Waals surface area contributed by atoms with Gasteiger partial charge in [-0.25, -0.2) is 24.2 Å². The molecule has 0 spiro atoms. The van der Waals surface area contributed by atoms with Crippen LogP contribution in [0.2, 0.25) is 0 Å². The molecule has 0 aliphatic rings. The lowest BCUT2D eigenvalue weighted by Crippen LogP contribution is -2.38. The van der Waals surface area contributed by atoms with E-state index in [2.05, 4.69) is 20.7 Å². The van der Waals surface area contributed by atoms with Crippen LogP contribution in [0.25, 0.3) is 0 Å². The molecule has 20 heavy (non-hydrogen) atoms. The topological polar surface area (TPSA) is 153 Å². The Bertz CT molecular complexity index is 615. The molecular weight excluding hydrogens is 288 g/mol. The first-order valence-corrected chi connectivity index (χ1v) is 7.39. The van der Waals surface area contributed by atoms with Crippen molar-refractivity contribution in [1.82, 2.24) is 9.97 Å². The summed E-state index contributed by atoms with van der Waals surface area (Å²) < 4.78 is 22.0. The number of anilines is 2. The smallest absolute Gasteiger partial charge is 0.354 e. The van der Waals surface area contributed by atoms with Gasteiger partial charge in [-0.1, -0.05) is 0 Å². The Kier molecular flexibility index (Phi) is 4.45. The van der Waals surface area contributed by atoms with Crippen molar-refractivity contribution in [2.75, 3.05) is 23.5 Å². The van der Waals surface area contributed by atoms with Crippen LogP contribution in [0.5, 0.6) is 0 Å². The van der Waals surface area contributed by atoms with Gasteiger partial charge in [0.1, 0.15) is 6.33 Å². The summed E-state index contributed by atoms with van der Waals surface area (Å²) in [6, 6.07) is 0. The summed E-state index contributed by atoms with van der Waals surface area (Å²) in [7, 11) is -3.34. The third-order valence-electron chi connectivity index (χ3n) is 2.83. The molecule has 1 aromatic rings. The van der Waals surface area contributed by atoms with Crippen LogP contribution in [-0.4, -0.2) is 40.9 Å². The van der Waals surface area contributed by atoms with Gasteiger partial charge in [-0.3, -0.25) is 10.1 Å². The van der Waals surface area contributed by atoms with Gasteiger partial charge in [-0.15, -0.1) is 0 Å². The van der Waals surface area contributed by atoms with Crippen molar-refractivity contribution in [3.63, 3.8) is 0 Å². The van der Waals surface area contributed by atoms with Crippen molar-refractivity contribution in [1.29, 1.82) is 0 Å². The second-order valence-electron chi connectivity index (χ2n) is 4.71. The van der Waals surface area contributed by atoms with Crippen molar-refractivity contribution in [3.05, 3.63) is 16.4 Å². The van der Waals surface area contributed by atoms with Gasteiger partial charge in [0.2, 0.25) is 11.6 Å². The predicted octanol–water partition coefficient (Wildman–Crippen LogP) is -0.0945. The Morgan fingerprint density at radius 1 is 1.40 bits per heavy atom. The van der Waals surface area contributed by atoms with Crippen LogP contribution in [0.15, 0.2) is 6.33 Å². The quantitative estimate of drug-likeness (QED) is 0.371. The summed E-state index contributed by atoms with van der Waals surface area (Å²) in [6.45, 7) is 2.96. The highest BCUT2D eigenvalue weighted by molar-refractivity contribution is 7.92. The van der Waals surface area contributed by atoms with Gasteiger partial charge in [0.25, 0.3) is 0 Å². The number of nitrogens with two attached hydrogens (primary N) is 1. The van der Waals surface area contributed by atoms with Gasteiger partial charge in [0.15, 0.2) is 9.84 Å². The number of nitrogens with zero attached hydrogens (tertiary/aromatic N) is 3. The van der Waals surface area contributed by atoms with Crippen molar-refractivity contribution in [2.24, 2.45) is 5.84 Å². The molecule has 10 nitrogen and oxygen atoms in total. The summed E-state index contributed by atoms with van der Waals surface area (Å²) in [4.78, 5) is 17.7. The third-order valence-corrected chi connectivity index (χ3v) is 4.98. The monoisotopic (exact) mass is 304 g/mol. The number of rotatable bonds is 6. The number of hydrogen-bond acceptors (Lipinski definition) is 9. The third kappa shape index (κ3) is 3.30. The van der Waals surface area contributed by atoms with E-state index in [4.69, 9.17) is 5.84 Å². The number of aromatic nitrogens is 2. The molecule has 0 unspecified atom stereocenters. The average Bonchev–Trinajstić information content (AvgIpc) is 2.34. The van der Waals surface area contributed by atoms with Crippen molar-refractivity contribution in [2.45, 2.75) is 18.6 Å². The maximum atomic E-state index is 11.6. The lowest BCUT2D eigenvalue weighted by atomic mass is 10.2. The van der Waals surface area contributed by atoms with Gasteiger partial charge in [-0.05, 0) is 13.8 Å². The molecule has 0 fully saturated rings. The first-order valence-electron chi connectivity index (χ1n) is 5.49. The summed E-state index contributed by atoms with van der Waals surface area (Å²) >= 11 is 0. The second-order valence-corrected chi connectivity index (χ2v) is 7.36. The normalized spacial score (nSPS) is 12.0. The summed E-state index contributed by atoms with van der Waals surface area (Å²) in [5.74, 6) is 4.88. The van der Waals surface area contributed by atoms with Crippen LogP contribution < -0.4 is 16.6 Å². The van der Waals surface area contributed by atoms with E-state index >= 15 is 0 Å². The average molecular weight is 304 g/mol. The standard InChI is InChI=1S/C9H16N6O4S/c1-9(2,20(3,18)19)4-11-7-6(15(16)17)8(14-10)13-5-12-7/h5H,4,10H2,1-3H3,(H2,11,12,13,14). The molecule has 4 N–H and O–H groups in total. The molecule has 0 amide bonds. The van der Waals surface area contributed by atoms with Crippen molar-refractivity contribution < 1.29 is 13.3 Å². The molecule has 0 atom stereocenters. The van der Waals surface area contributed by atoms with Crippen molar-refractivity contribution in [3.8, 4) is 0 Å². The van der Waals surface area contributed by atoms with E-state index < -0.39 is 25.2 Å². The molecule has 112 valence electrons. The van der Waals surface area contributed by atoms with Crippen LogP contribution in [0.1, 0.15) is 13.8 Å². The number of nitrogen functional groups attached to an aromatic ring is 1.